The van der Waals surface area contributed by atoms with Crippen molar-refractivity contribution in [2.24, 2.45) is 17.3 Å². The van der Waals surface area contributed by atoms with E-state index in [2.05, 4.69) is 58.6 Å². The normalized spacial score (nSPS) is 19.9. The van der Waals surface area contributed by atoms with Crippen LogP contribution in [0.25, 0.3) is 0 Å². The quantitative estimate of drug-likeness (QED) is 0.400. The molecular weight excluding hydrogens is 247 g/mol. The monoisotopic (exact) mass is 280 g/mol. The van der Waals surface area contributed by atoms with Gasteiger partial charge < -0.3 is 0 Å². The second kappa shape index (κ2) is 9.96. The van der Waals surface area contributed by atoms with E-state index in [1.807, 2.05) is 6.08 Å². The Balaban J connectivity index is 4.56. The van der Waals surface area contributed by atoms with Gasteiger partial charge in [-0.2, -0.15) is 0 Å². The van der Waals surface area contributed by atoms with Crippen molar-refractivity contribution in [2.75, 3.05) is 0 Å². The minimum Gasteiger partial charge on any atom is -0.247 e. The van der Waals surface area contributed by atoms with Crippen LogP contribution in [0, 0.1) is 17.3 Å². The molecule has 4 unspecified atom stereocenters. The van der Waals surface area contributed by atoms with Crippen molar-refractivity contribution < 1.29 is 4.39 Å². The molecule has 0 aromatic carbocycles. The van der Waals surface area contributed by atoms with Gasteiger partial charge >= 0.3 is 0 Å². The van der Waals surface area contributed by atoms with Gasteiger partial charge in [0.1, 0.15) is 6.17 Å². The summed E-state index contributed by atoms with van der Waals surface area (Å²) < 4.78 is 14.1. The zero-order valence-electron chi connectivity index (χ0n) is 14.0. The lowest BCUT2D eigenvalue weighted by Crippen LogP contribution is -2.33. The summed E-state index contributed by atoms with van der Waals surface area (Å²) >= 11 is 0. The molecule has 0 amide bonds. The predicted molar refractivity (Wildman–Crippen MR) is 89.6 cm³/mol. The lowest BCUT2D eigenvalue weighted by Gasteiger charge is -2.36. The molecular formula is C19H33F. The number of allylic oxidation sites excluding steroid dienone is 5. The van der Waals surface area contributed by atoms with E-state index in [0.29, 0.717) is 11.8 Å². The number of halogens is 1. The van der Waals surface area contributed by atoms with Gasteiger partial charge in [0.15, 0.2) is 0 Å². The molecule has 0 rings (SSSR count). The highest BCUT2D eigenvalue weighted by Gasteiger charge is 2.35. The van der Waals surface area contributed by atoms with Crippen LogP contribution >= 0.6 is 0 Å². The van der Waals surface area contributed by atoms with Crippen LogP contribution in [-0.4, -0.2) is 6.17 Å². The SMILES string of the molecule is C=CC/C=C\CC(C)CC(C)C(C)(/C=C/CC)C(C)F. The van der Waals surface area contributed by atoms with Gasteiger partial charge in [0, 0.05) is 5.41 Å². The summed E-state index contributed by atoms with van der Waals surface area (Å²) in [4.78, 5) is 0. The maximum atomic E-state index is 14.1. The first-order valence-corrected chi connectivity index (χ1v) is 7.96. The van der Waals surface area contributed by atoms with Crippen LogP contribution in [0.2, 0.25) is 0 Å². The molecule has 0 aliphatic carbocycles. The van der Waals surface area contributed by atoms with Gasteiger partial charge in [0.2, 0.25) is 0 Å². The third kappa shape index (κ3) is 6.54. The van der Waals surface area contributed by atoms with Crippen LogP contribution in [0.1, 0.15) is 60.3 Å². The Morgan fingerprint density at radius 3 is 2.30 bits per heavy atom. The lowest BCUT2D eigenvalue weighted by molar-refractivity contribution is 0.112. The molecule has 20 heavy (non-hydrogen) atoms. The third-order valence-electron chi connectivity index (χ3n) is 4.40. The fraction of sp³-hybridized carbons (Fsp3) is 0.684. The van der Waals surface area contributed by atoms with E-state index < -0.39 is 6.17 Å². The predicted octanol–water partition coefficient (Wildman–Crippen LogP) is 6.50. The zero-order chi connectivity index (χ0) is 15.6. The van der Waals surface area contributed by atoms with Gasteiger partial charge in [-0.05, 0) is 44.4 Å². The van der Waals surface area contributed by atoms with E-state index in [0.717, 1.165) is 25.7 Å². The topological polar surface area (TPSA) is 0 Å². The summed E-state index contributed by atoms with van der Waals surface area (Å²) in [5.74, 6) is 0.923. The number of hydrogen-bond acceptors (Lipinski definition) is 0. The Morgan fingerprint density at radius 1 is 1.15 bits per heavy atom. The number of hydrogen-bond donors (Lipinski definition) is 0. The second-order valence-electron chi connectivity index (χ2n) is 6.27. The maximum Gasteiger partial charge on any atom is 0.106 e. The van der Waals surface area contributed by atoms with Crippen LogP contribution < -0.4 is 0 Å². The Kier molecular flexibility index (Phi) is 9.54. The summed E-state index contributed by atoms with van der Waals surface area (Å²) in [5, 5.41) is 0. The van der Waals surface area contributed by atoms with Gasteiger partial charge in [-0.3, -0.25) is 0 Å². The van der Waals surface area contributed by atoms with E-state index in [1.54, 1.807) is 6.92 Å². The molecule has 0 aliphatic rings. The molecule has 0 saturated carbocycles. The van der Waals surface area contributed by atoms with E-state index in [9.17, 15) is 4.39 Å². The van der Waals surface area contributed by atoms with E-state index >= 15 is 0 Å². The first-order valence-electron chi connectivity index (χ1n) is 7.96. The van der Waals surface area contributed by atoms with Crippen LogP contribution in [0.4, 0.5) is 4.39 Å². The minimum absolute atomic E-state index is 0.341. The lowest BCUT2D eigenvalue weighted by atomic mass is 9.71. The molecule has 0 nitrogen and oxygen atoms in total. The molecule has 0 aliphatic heterocycles. The summed E-state index contributed by atoms with van der Waals surface area (Å²) in [5.41, 5.74) is -0.352. The van der Waals surface area contributed by atoms with Crippen molar-refractivity contribution in [1.82, 2.24) is 0 Å². The van der Waals surface area contributed by atoms with Crippen LogP contribution in [-0.2, 0) is 0 Å². The summed E-state index contributed by atoms with van der Waals surface area (Å²) in [7, 11) is 0. The van der Waals surface area contributed by atoms with Crippen molar-refractivity contribution in [3.8, 4) is 0 Å². The summed E-state index contributed by atoms with van der Waals surface area (Å²) in [6.07, 6.45) is 13.7. The molecule has 0 heterocycles. The van der Waals surface area contributed by atoms with Gasteiger partial charge in [-0.25, -0.2) is 4.39 Å². The van der Waals surface area contributed by atoms with Crippen LogP contribution in [0.3, 0.4) is 0 Å². The largest absolute Gasteiger partial charge is 0.247 e. The fourth-order valence-electron chi connectivity index (χ4n) is 2.54. The Labute approximate surface area is 125 Å². The first-order chi connectivity index (χ1) is 9.38. The van der Waals surface area contributed by atoms with Crippen molar-refractivity contribution in [3.63, 3.8) is 0 Å². The fourth-order valence-corrected chi connectivity index (χ4v) is 2.54. The van der Waals surface area contributed by atoms with E-state index in [1.165, 1.54) is 0 Å². The third-order valence-corrected chi connectivity index (χ3v) is 4.40. The Morgan fingerprint density at radius 2 is 1.80 bits per heavy atom. The smallest absolute Gasteiger partial charge is 0.106 e. The highest BCUT2D eigenvalue weighted by molar-refractivity contribution is 5.03. The number of alkyl halides is 1. The molecule has 0 radical (unpaired) electrons. The molecule has 0 spiro atoms. The highest BCUT2D eigenvalue weighted by atomic mass is 19.1. The molecule has 0 fully saturated rings. The van der Waals surface area contributed by atoms with Crippen molar-refractivity contribution >= 4 is 0 Å². The van der Waals surface area contributed by atoms with Crippen molar-refractivity contribution in [3.05, 3.63) is 37.0 Å². The maximum absolute atomic E-state index is 14.1. The summed E-state index contributed by atoms with van der Waals surface area (Å²) in [6, 6.07) is 0. The van der Waals surface area contributed by atoms with Crippen molar-refractivity contribution in [2.45, 2.75) is 66.5 Å². The highest BCUT2D eigenvalue weighted by Crippen LogP contribution is 2.39. The Bertz CT molecular complexity index is 314. The number of rotatable bonds is 10. The molecule has 0 aromatic heterocycles. The zero-order valence-corrected chi connectivity index (χ0v) is 14.0. The molecule has 0 N–H and O–H groups in total. The first kappa shape index (κ1) is 19.1. The molecule has 0 bridgehead atoms. The van der Waals surface area contributed by atoms with Gasteiger partial charge in [-0.1, -0.05) is 58.1 Å². The minimum atomic E-state index is -0.816. The molecule has 0 aromatic rings. The average molecular weight is 280 g/mol. The van der Waals surface area contributed by atoms with E-state index in [4.69, 9.17) is 0 Å². The molecule has 4 atom stereocenters. The second-order valence-corrected chi connectivity index (χ2v) is 6.27. The van der Waals surface area contributed by atoms with Crippen LogP contribution in [0.5, 0.6) is 0 Å². The van der Waals surface area contributed by atoms with Crippen LogP contribution in [0.15, 0.2) is 37.0 Å². The van der Waals surface area contributed by atoms with E-state index in [-0.39, 0.29) is 5.41 Å². The molecule has 1 heteroatoms. The standard InChI is InChI=1S/C19H33F/c1-7-9-11-12-13-16(3)15-17(4)19(6,18(5)20)14-10-8-2/h7,10-12,14,16-18H,1,8-9,13,15H2,2-6H3/b12-11-,14-10+. The Hall–Kier alpha value is -0.850. The van der Waals surface area contributed by atoms with Crippen molar-refractivity contribution in [1.29, 1.82) is 0 Å². The average Bonchev–Trinajstić information content (AvgIpc) is 2.40. The summed E-state index contributed by atoms with van der Waals surface area (Å²) in [6.45, 7) is 14.0. The van der Waals surface area contributed by atoms with Gasteiger partial charge in [0.05, 0.1) is 0 Å². The molecule has 116 valence electrons. The molecule has 0 saturated heterocycles. The van der Waals surface area contributed by atoms with Gasteiger partial charge in [0.25, 0.3) is 0 Å². The van der Waals surface area contributed by atoms with Gasteiger partial charge in [-0.15, -0.1) is 6.58 Å².